The highest BCUT2D eigenvalue weighted by Crippen LogP contribution is 2.25. The maximum absolute atomic E-state index is 12.4. The second kappa shape index (κ2) is 7.07. The van der Waals surface area contributed by atoms with Crippen LogP contribution in [0.4, 0.5) is 0 Å². The van der Waals surface area contributed by atoms with Crippen molar-refractivity contribution < 1.29 is 9.53 Å². The lowest BCUT2D eigenvalue weighted by atomic mass is 10.1. The van der Waals surface area contributed by atoms with E-state index in [0.717, 1.165) is 42.3 Å². The minimum absolute atomic E-state index is 0.0319. The van der Waals surface area contributed by atoms with Crippen LogP contribution in [0.2, 0.25) is 0 Å². The first-order chi connectivity index (χ1) is 11.6. The van der Waals surface area contributed by atoms with Gasteiger partial charge < -0.3 is 14.6 Å². The van der Waals surface area contributed by atoms with Crippen LogP contribution < -0.4 is 10.3 Å². The van der Waals surface area contributed by atoms with Crippen molar-refractivity contribution in [2.24, 2.45) is 0 Å². The summed E-state index contributed by atoms with van der Waals surface area (Å²) in [7, 11) is 0. The quantitative estimate of drug-likeness (QED) is 0.916. The Labute approximate surface area is 141 Å². The lowest BCUT2D eigenvalue weighted by Gasteiger charge is -2.27. The molecule has 24 heavy (non-hydrogen) atoms. The Morgan fingerprint density at radius 3 is 2.71 bits per heavy atom. The number of aromatic amines is 1. The fourth-order valence-corrected chi connectivity index (χ4v) is 3.50. The molecular formula is C19H24N2O3. The number of nitrogens with zero attached hydrogens (tertiary/aromatic N) is 1. The zero-order valence-electron chi connectivity index (χ0n) is 14.3. The first-order valence-electron chi connectivity index (χ1n) is 8.64. The maximum Gasteiger partial charge on any atom is 0.253 e. The third kappa shape index (κ3) is 3.45. The number of hydrogen-bond acceptors (Lipinski definition) is 3. The van der Waals surface area contributed by atoms with Crippen molar-refractivity contribution in [3.8, 4) is 5.75 Å². The summed E-state index contributed by atoms with van der Waals surface area (Å²) in [5.41, 5.74) is 1.27. The second-order valence-electron chi connectivity index (χ2n) is 6.39. The minimum Gasteiger partial charge on any atom is -0.494 e. The lowest BCUT2D eigenvalue weighted by molar-refractivity contribution is -0.131. The smallest absolute Gasteiger partial charge is 0.253 e. The van der Waals surface area contributed by atoms with Gasteiger partial charge in [0.1, 0.15) is 5.75 Å². The average Bonchev–Trinajstić information content (AvgIpc) is 3.07. The summed E-state index contributed by atoms with van der Waals surface area (Å²) in [5, 5.41) is 0.922. The molecule has 0 bridgehead atoms. The Kier molecular flexibility index (Phi) is 4.88. The monoisotopic (exact) mass is 328 g/mol. The number of rotatable bonds is 5. The highest BCUT2D eigenvalue weighted by molar-refractivity contribution is 5.80. The Hall–Kier alpha value is -2.30. The Morgan fingerprint density at radius 2 is 2.04 bits per heavy atom. The van der Waals surface area contributed by atoms with Crippen molar-refractivity contribution in [1.29, 1.82) is 0 Å². The largest absolute Gasteiger partial charge is 0.494 e. The van der Waals surface area contributed by atoms with Crippen LogP contribution in [0.5, 0.6) is 5.75 Å². The van der Waals surface area contributed by atoms with Gasteiger partial charge in [0.25, 0.3) is 5.56 Å². The normalized spacial score (nSPS) is 14.9. The molecule has 0 spiro atoms. The van der Waals surface area contributed by atoms with E-state index in [4.69, 9.17) is 4.74 Å². The third-order valence-electron chi connectivity index (χ3n) is 4.71. The van der Waals surface area contributed by atoms with E-state index in [1.165, 1.54) is 0 Å². The zero-order chi connectivity index (χ0) is 17.1. The van der Waals surface area contributed by atoms with E-state index in [1.807, 2.05) is 36.1 Å². The molecule has 0 aliphatic heterocycles. The van der Waals surface area contributed by atoms with Gasteiger partial charge in [-0.05, 0) is 44.0 Å². The molecule has 1 N–H and O–H groups in total. The number of fused-ring (bicyclic) bond motifs is 1. The first-order valence-corrected chi connectivity index (χ1v) is 8.64. The van der Waals surface area contributed by atoms with Gasteiger partial charge in [-0.3, -0.25) is 9.59 Å². The molecule has 1 aliphatic rings. The van der Waals surface area contributed by atoms with Gasteiger partial charge in [-0.15, -0.1) is 0 Å². The summed E-state index contributed by atoms with van der Waals surface area (Å²) in [6, 6.07) is 7.76. The molecule has 5 heteroatoms. The maximum atomic E-state index is 12.4. The van der Waals surface area contributed by atoms with Crippen LogP contribution in [0.15, 0.2) is 29.1 Å². The van der Waals surface area contributed by atoms with E-state index in [2.05, 4.69) is 4.98 Å². The van der Waals surface area contributed by atoms with Gasteiger partial charge in [-0.1, -0.05) is 12.8 Å². The number of carbonyl (C=O) groups excluding carboxylic acids is 1. The Balaban J connectivity index is 1.93. The second-order valence-corrected chi connectivity index (χ2v) is 6.39. The number of pyridine rings is 1. The fourth-order valence-electron chi connectivity index (χ4n) is 3.50. The molecule has 0 unspecified atom stereocenters. The van der Waals surface area contributed by atoms with Crippen molar-refractivity contribution in [1.82, 2.24) is 9.88 Å². The number of ether oxygens (including phenoxy) is 1. The van der Waals surface area contributed by atoms with Gasteiger partial charge in [0.2, 0.25) is 5.91 Å². The zero-order valence-corrected chi connectivity index (χ0v) is 14.3. The molecule has 0 atom stereocenters. The average molecular weight is 328 g/mol. The van der Waals surface area contributed by atoms with Crippen LogP contribution in [0, 0.1) is 0 Å². The highest BCUT2D eigenvalue weighted by Gasteiger charge is 2.25. The van der Waals surface area contributed by atoms with E-state index in [0.29, 0.717) is 18.7 Å². The Bertz CT molecular complexity index is 791. The molecule has 128 valence electrons. The summed E-state index contributed by atoms with van der Waals surface area (Å²) in [5.74, 6) is 0.812. The number of carbonyl (C=O) groups is 1. The van der Waals surface area contributed by atoms with Crippen LogP contribution >= 0.6 is 0 Å². The van der Waals surface area contributed by atoms with Crippen molar-refractivity contribution in [2.45, 2.75) is 52.1 Å². The molecule has 2 aromatic rings. The predicted molar refractivity (Wildman–Crippen MR) is 94.2 cm³/mol. The molecule has 1 fully saturated rings. The molecule has 0 saturated heterocycles. The van der Waals surface area contributed by atoms with Gasteiger partial charge in [0, 0.05) is 29.4 Å². The molecule has 1 saturated carbocycles. The number of hydrogen-bond donors (Lipinski definition) is 1. The number of benzene rings is 1. The molecule has 1 amide bonds. The fraction of sp³-hybridized carbons (Fsp3) is 0.474. The lowest BCUT2D eigenvalue weighted by Crippen LogP contribution is -2.38. The van der Waals surface area contributed by atoms with E-state index in [-0.39, 0.29) is 17.5 Å². The molecule has 1 heterocycles. The molecule has 1 aliphatic carbocycles. The van der Waals surface area contributed by atoms with Crippen molar-refractivity contribution in [2.75, 3.05) is 6.61 Å². The number of aromatic nitrogens is 1. The topological polar surface area (TPSA) is 62.4 Å². The minimum atomic E-state index is -0.129. The number of H-pyrrole nitrogens is 1. The van der Waals surface area contributed by atoms with Gasteiger partial charge in [-0.25, -0.2) is 0 Å². The van der Waals surface area contributed by atoms with Crippen LogP contribution in [0.25, 0.3) is 10.9 Å². The SMILES string of the molecule is CCOc1ccc2[nH]c(=O)c(CN(C(C)=O)C3CCCC3)cc2c1. The van der Waals surface area contributed by atoms with Crippen LogP contribution in [-0.2, 0) is 11.3 Å². The Morgan fingerprint density at radius 1 is 1.29 bits per heavy atom. The molecule has 1 aromatic heterocycles. The molecule has 0 radical (unpaired) electrons. The summed E-state index contributed by atoms with van der Waals surface area (Å²) in [4.78, 5) is 29.2. The van der Waals surface area contributed by atoms with E-state index >= 15 is 0 Å². The molecular weight excluding hydrogens is 304 g/mol. The summed E-state index contributed by atoms with van der Waals surface area (Å²) >= 11 is 0. The molecule has 1 aromatic carbocycles. The van der Waals surface area contributed by atoms with E-state index in [1.54, 1.807) is 6.92 Å². The van der Waals surface area contributed by atoms with Gasteiger partial charge in [-0.2, -0.15) is 0 Å². The van der Waals surface area contributed by atoms with Gasteiger partial charge in [0.05, 0.1) is 13.2 Å². The standard InChI is InChI=1S/C19H24N2O3/c1-3-24-17-8-9-18-14(11-17)10-15(19(23)20-18)12-21(13(2)22)16-6-4-5-7-16/h8-11,16H,3-7,12H2,1-2H3,(H,20,23). The highest BCUT2D eigenvalue weighted by atomic mass is 16.5. The van der Waals surface area contributed by atoms with Gasteiger partial charge in [0.15, 0.2) is 0 Å². The van der Waals surface area contributed by atoms with Crippen molar-refractivity contribution in [3.63, 3.8) is 0 Å². The van der Waals surface area contributed by atoms with Crippen LogP contribution in [0.3, 0.4) is 0 Å². The summed E-state index contributed by atoms with van der Waals surface area (Å²) < 4.78 is 5.53. The van der Waals surface area contributed by atoms with Crippen LogP contribution in [0.1, 0.15) is 45.1 Å². The van der Waals surface area contributed by atoms with Crippen LogP contribution in [-0.4, -0.2) is 28.4 Å². The third-order valence-corrected chi connectivity index (χ3v) is 4.71. The van der Waals surface area contributed by atoms with Gasteiger partial charge >= 0.3 is 0 Å². The first kappa shape index (κ1) is 16.6. The van der Waals surface area contributed by atoms with E-state index in [9.17, 15) is 9.59 Å². The molecule has 5 nitrogen and oxygen atoms in total. The van der Waals surface area contributed by atoms with Crippen molar-refractivity contribution >= 4 is 16.8 Å². The number of amides is 1. The summed E-state index contributed by atoms with van der Waals surface area (Å²) in [6.45, 7) is 4.49. The molecule has 3 rings (SSSR count). The van der Waals surface area contributed by atoms with Crippen molar-refractivity contribution in [3.05, 3.63) is 40.2 Å². The predicted octanol–water partition coefficient (Wildman–Crippen LogP) is 3.22. The van der Waals surface area contributed by atoms with E-state index < -0.39 is 0 Å². The summed E-state index contributed by atoms with van der Waals surface area (Å²) in [6.07, 6.45) is 4.36. The number of nitrogens with one attached hydrogen (secondary N) is 1.